The lowest BCUT2D eigenvalue weighted by molar-refractivity contribution is 0.0973. The quantitative estimate of drug-likeness (QED) is 0.532. The first-order chi connectivity index (χ1) is 13.9. The average molecular weight is 371 g/mol. The molecule has 3 heterocycles. The Labute approximate surface area is 163 Å². The van der Waals surface area contributed by atoms with E-state index in [1.807, 2.05) is 24.5 Å². The van der Waals surface area contributed by atoms with Gasteiger partial charge >= 0.3 is 0 Å². The molecule has 0 spiro atoms. The van der Waals surface area contributed by atoms with Crippen molar-refractivity contribution in [2.24, 2.45) is 0 Å². The van der Waals surface area contributed by atoms with E-state index >= 15 is 0 Å². The van der Waals surface area contributed by atoms with Gasteiger partial charge in [-0.1, -0.05) is 42.5 Å². The lowest BCUT2D eigenvalue weighted by Gasteiger charge is -2.15. The Morgan fingerprint density at radius 3 is 2.54 bits per heavy atom. The molecule has 0 saturated carbocycles. The fourth-order valence-electron chi connectivity index (χ4n) is 3.75. The van der Waals surface area contributed by atoms with E-state index in [0.717, 1.165) is 54.2 Å². The maximum Gasteiger partial charge on any atom is 0.138 e. The van der Waals surface area contributed by atoms with Crippen LogP contribution in [0.25, 0.3) is 28.2 Å². The Morgan fingerprint density at radius 1 is 0.964 bits per heavy atom. The van der Waals surface area contributed by atoms with Crippen LogP contribution in [0.15, 0.2) is 73.6 Å². The highest BCUT2D eigenvalue weighted by atomic mass is 16.5. The van der Waals surface area contributed by atoms with Crippen LogP contribution in [0.1, 0.15) is 12.8 Å². The van der Waals surface area contributed by atoms with E-state index in [1.54, 1.807) is 11.0 Å². The number of aromatic nitrogens is 5. The van der Waals surface area contributed by atoms with Gasteiger partial charge in [0.25, 0.3) is 0 Å². The summed E-state index contributed by atoms with van der Waals surface area (Å²) in [6.45, 7) is 1.67. The zero-order valence-corrected chi connectivity index (χ0v) is 15.5. The third-order valence-electron chi connectivity index (χ3n) is 5.13. The van der Waals surface area contributed by atoms with E-state index < -0.39 is 0 Å². The second-order valence-corrected chi connectivity index (χ2v) is 6.98. The van der Waals surface area contributed by atoms with E-state index in [0.29, 0.717) is 0 Å². The molecule has 0 unspecified atom stereocenters. The van der Waals surface area contributed by atoms with E-state index in [4.69, 9.17) is 9.72 Å². The van der Waals surface area contributed by atoms with Crippen LogP contribution in [-0.2, 0) is 11.3 Å². The van der Waals surface area contributed by atoms with E-state index in [-0.39, 0.29) is 6.10 Å². The van der Waals surface area contributed by atoms with Crippen molar-refractivity contribution >= 4 is 0 Å². The van der Waals surface area contributed by atoms with Crippen molar-refractivity contribution in [1.82, 2.24) is 24.3 Å². The highest BCUT2D eigenvalue weighted by Crippen LogP contribution is 2.32. The van der Waals surface area contributed by atoms with Gasteiger partial charge in [0.15, 0.2) is 0 Å². The standard InChI is InChI=1S/C22H21N5O/c1-2-5-17(6-3-1)21-22(26(16-24-21)13-20-7-4-12-28-20)18-8-10-19(11-9-18)27-15-23-14-25-27/h1-3,5-6,8-11,14-16,20H,4,7,12-13H2/t20-/m1/s1. The molecule has 5 rings (SSSR count). The highest BCUT2D eigenvalue weighted by molar-refractivity contribution is 5.79. The van der Waals surface area contributed by atoms with Crippen LogP contribution in [0.4, 0.5) is 0 Å². The number of ether oxygens (including phenoxy) is 1. The Morgan fingerprint density at radius 2 is 1.82 bits per heavy atom. The molecule has 2 aromatic heterocycles. The van der Waals surface area contributed by atoms with Crippen LogP contribution in [-0.4, -0.2) is 37.0 Å². The molecule has 0 amide bonds. The summed E-state index contributed by atoms with van der Waals surface area (Å²) in [6, 6.07) is 18.7. The first kappa shape index (κ1) is 16.9. The van der Waals surface area contributed by atoms with Crippen molar-refractivity contribution in [3.8, 4) is 28.2 Å². The minimum absolute atomic E-state index is 0.256. The predicted molar refractivity (Wildman–Crippen MR) is 107 cm³/mol. The molecular formula is C22H21N5O. The fraction of sp³-hybridized carbons (Fsp3) is 0.227. The number of imidazole rings is 1. The van der Waals surface area contributed by atoms with Crippen LogP contribution >= 0.6 is 0 Å². The summed E-state index contributed by atoms with van der Waals surface area (Å²) in [6.07, 6.45) is 7.66. The second kappa shape index (κ2) is 7.40. The normalized spacial score (nSPS) is 16.5. The monoisotopic (exact) mass is 371 g/mol. The van der Waals surface area contributed by atoms with Crippen molar-refractivity contribution in [3.05, 3.63) is 73.6 Å². The molecule has 1 saturated heterocycles. The van der Waals surface area contributed by atoms with Crippen molar-refractivity contribution in [2.75, 3.05) is 6.61 Å². The molecule has 1 aliphatic heterocycles. The van der Waals surface area contributed by atoms with Crippen LogP contribution in [0.3, 0.4) is 0 Å². The van der Waals surface area contributed by atoms with Gasteiger partial charge in [0, 0.05) is 17.7 Å². The summed E-state index contributed by atoms with van der Waals surface area (Å²) in [5.74, 6) is 0. The number of benzene rings is 2. The first-order valence-corrected chi connectivity index (χ1v) is 9.56. The zero-order valence-electron chi connectivity index (χ0n) is 15.5. The minimum atomic E-state index is 0.256. The molecule has 1 aliphatic rings. The SMILES string of the molecule is c1ccc(-c2ncn(C[C@H]3CCCO3)c2-c2ccc(-n3cncn3)cc2)cc1. The highest BCUT2D eigenvalue weighted by Gasteiger charge is 2.21. The Balaban J connectivity index is 1.56. The van der Waals surface area contributed by atoms with Crippen LogP contribution < -0.4 is 0 Å². The zero-order chi connectivity index (χ0) is 18.8. The lowest BCUT2D eigenvalue weighted by Crippen LogP contribution is -2.15. The molecule has 2 aromatic carbocycles. The van der Waals surface area contributed by atoms with Gasteiger partial charge in [-0.15, -0.1) is 0 Å². The number of nitrogens with zero attached hydrogens (tertiary/aromatic N) is 5. The summed E-state index contributed by atoms with van der Waals surface area (Å²) < 4.78 is 9.84. The third-order valence-corrected chi connectivity index (χ3v) is 5.13. The summed E-state index contributed by atoms with van der Waals surface area (Å²) in [5.41, 5.74) is 5.33. The maximum atomic E-state index is 5.86. The van der Waals surface area contributed by atoms with Gasteiger partial charge in [-0.2, -0.15) is 5.10 Å². The lowest BCUT2D eigenvalue weighted by atomic mass is 10.0. The summed E-state index contributed by atoms with van der Waals surface area (Å²) in [7, 11) is 0. The molecule has 6 heteroatoms. The van der Waals surface area contributed by atoms with Crippen LogP contribution in [0.5, 0.6) is 0 Å². The van der Waals surface area contributed by atoms with Gasteiger partial charge in [0.05, 0.1) is 36.1 Å². The molecule has 1 fully saturated rings. The van der Waals surface area contributed by atoms with E-state index in [1.165, 1.54) is 6.33 Å². The van der Waals surface area contributed by atoms with Crippen molar-refractivity contribution in [2.45, 2.75) is 25.5 Å². The number of hydrogen-bond donors (Lipinski definition) is 0. The van der Waals surface area contributed by atoms with Gasteiger partial charge < -0.3 is 9.30 Å². The number of rotatable bonds is 5. The first-order valence-electron chi connectivity index (χ1n) is 9.56. The van der Waals surface area contributed by atoms with Crippen LogP contribution in [0.2, 0.25) is 0 Å². The molecule has 0 bridgehead atoms. The molecule has 28 heavy (non-hydrogen) atoms. The largest absolute Gasteiger partial charge is 0.376 e. The maximum absolute atomic E-state index is 5.86. The Kier molecular flexibility index (Phi) is 4.47. The minimum Gasteiger partial charge on any atom is -0.376 e. The van der Waals surface area contributed by atoms with Crippen molar-refractivity contribution in [3.63, 3.8) is 0 Å². The Bertz CT molecular complexity index is 1030. The molecule has 6 nitrogen and oxygen atoms in total. The fourth-order valence-corrected chi connectivity index (χ4v) is 3.75. The van der Waals surface area contributed by atoms with Crippen molar-refractivity contribution in [1.29, 1.82) is 0 Å². The molecular weight excluding hydrogens is 350 g/mol. The molecule has 4 aromatic rings. The summed E-state index contributed by atoms with van der Waals surface area (Å²) >= 11 is 0. The summed E-state index contributed by atoms with van der Waals surface area (Å²) in [5, 5.41) is 4.20. The average Bonchev–Trinajstić information content (AvgIpc) is 3.51. The smallest absolute Gasteiger partial charge is 0.138 e. The van der Waals surface area contributed by atoms with E-state index in [2.05, 4.69) is 51.0 Å². The molecule has 0 aliphatic carbocycles. The predicted octanol–water partition coefficient (Wildman–Crippen LogP) is 3.98. The number of hydrogen-bond acceptors (Lipinski definition) is 4. The van der Waals surface area contributed by atoms with Crippen LogP contribution in [0, 0.1) is 0 Å². The van der Waals surface area contributed by atoms with E-state index in [9.17, 15) is 0 Å². The second-order valence-electron chi connectivity index (χ2n) is 6.98. The van der Waals surface area contributed by atoms with Gasteiger partial charge in [-0.25, -0.2) is 14.6 Å². The van der Waals surface area contributed by atoms with Gasteiger partial charge in [0.2, 0.25) is 0 Å². The molecule has 1 atom stereocenters. The molecule has 0 radical (unpaired) electrons. The molecule has 0 N–H and O–H groups in total. The van der Waals surface area contributed by atoms with Crippen molar-refractivity contribution < 1.29 is 4.74 Å². The third kappa shape index (κ3) is 3.23. The molecule has 140 valence electrons. The van der Waals surface area contributed by atoms with Gasteiger partial charge in [-0.05, 0) is 25.0 Å². The van der Waals surface area contributed by atoms with Gasteiger partial charge in [0.1, 0.15) is 12.7 Å². The Hall–Kier alpha value is -3.25. The summed E-state index contributed by atoms with van der Waals surface area (Å²) in [4.78, 5) is 8.78. The topological polar surface area (TPSA) is 57.8 Å². The van der Waals surface area contributed by atoms with Gasteiger partial charge in [-0.3, -0.25) is 0 Å².